The first-order chi connectivity index (χ1) is 9.78. The first kappa shape index (κ1) is 7.49. The minimum atomic E-state index is -2.86. The van der Waals surface area contributed by atoms with Crippen molar-refractivity contribution in [3.8, 4) is 0 Å². The Hall–Kier alpha value is -0.935. The van der Waals surface area contributed by atoms with E-state index in [1.165, 1.54) is 0 Å². The summed E-state index contributed by atoms with van der Waals surface area (Å²) in [5.41, 5.74) is -2.47. The number of halogens is 1. The second-order valence-electron chi connectivity index (χ2n) is 5.01. The van der Waals surface area contributed by atoms with E-state index in [1.807, 2.05) is 0 Å². The van der Waals surface area contributed by atoms with Crippen molar-refractivity contribution in [2.75, 3.05) is 0 Å². The lowest BCUT2D eigenvalue weighted by Crippen LogP contribution is -2.41. The zero-order valence-electron chi connectivity index (χ0n) is 15.2. The Bertz CT molecular complexity index is 605. The quantitative estimate of drug-likeness (QED) is 0.704. The fraction of sp³-hybridized carbons (Fsp3) is 0.583. The van der Waals surface area contributed by atoms with E-state index < -0.39 is 48.8 Å². The molecule has 0 bridgehead atoms. The lowest BCUT2D eigenvalue weighted by molar-refractivity contribution is 0.00578. The van der Waals surface area contributed by atoms with Gasteiger partial charge in [-0.25, -0.2) is 4.39 Å². The van der Waals surface area contributed by atoms with Gasteiger partial charge >= 0.3 is 7.12 Å². The molecule has 5 heteroatoms. The van der Waals surface area contributed by atoms with Crippen LogP contribution in [0.4, 0.5) is 4.39 Å². The van der Waals surface area contributed by atoms with E-state index in [1.54, 1.807) is 27.7 Å². The number of hydrogen-bond acceptors (Lipinski definition) is 3. The highest BCUT2D eigenvalue weighted by molar-refractivity contribution is 6.61. The Morgan fingerprint density at radius 2 is 1.94 bits per heavy atom. The van der Waals surface area contributed by atoms with Gasteiger partial charge in [-0.1, -0.05) is 0 Å². The van der Waals surface area contributed by atoms with E-state index >= 15 is 0 Å². The molecule has 0 radical (unpaired) electrons. The van der Waals surface area contributed by atoms with Crippen molar-refractivity contribution in [1.82, 2.24) is 4.98 Å². The summed E-state index contributed by atoms with van der Waals surface area (Å²) in [6.07, 6.45) is -0.841. The van der Waals surface area contributed by atoms with Gasteiger partial charge in [0.1, 0.15) is 5.82 Å². The van der Waals surface area contributed by atoms with Gasteiger partial charge in [-0.2, -0.15) is 0 Å². The molecule has 1 aromatic heterocycles. The summed E-state index contributed by atoms with van der Waals surface area (Å²) in [5.74, 6) is -1.31. The Morgan fingerprint density at radius 1 is 1.35 bits per heavy atom. The summed E-state index contributed by atoms with van der Waals surface area (Å²) < 4.78 is 62.8. The van der Waals surface area contributed by atoms with Crippen LogP contribution in [0.15, 0.2) is 12.2 Å². The standard InChI is InChI=1S/C12H17BFNO2/c1-8-6-10(15-7-9(8)14)13-16-11(2,3)12(4,5)17-13/h6-7H,1-5H3/i1D3,6D,7D. The molecule has 1 aliphatic rings. The highest BCUT2D eigenvalue weighted by Gasteiger charge is 2.52. The molecular weight excluding hydrogens is 220 g/mol. The van der Waals surface area contributed by atoms with Crippen LogP contribution in [0.1, 0.15) is 40.1 Å². The molecule has 1 fully saturated rings. The summed E-state index contributed by atoms with van der Waals surface area (Å²) >= 11 is 0. The molecule has 2 heterocycles. The first-order valence-electron chi connectivity index (χ1n) is 7.80. The van der Waals surface area contributed by atoms with Crippen LogP contribution < -0.4 is 5.59 Å². The van der Waals surface area contributed by atoms with Crippen LogP contribution >= 0.6 is 0 Å². The Kier molecular flexibility index (Phi) is 1.67. The van der Waals surface area contributed by atoms with Crippen molar-refractivity contribution in [3.63, 3.8) is 0 Å². The van der Waals surface area contributed by atoms with Crippen molar-refractivity contribution in [1.29, 1.82) is 0 Å². The molecule has 3 nitrogen and oxygen atoms in total. The van der Waals surface area contributed by atoms with Gasteiger partial charge in [0, 0.05) is 4.11 Å². The Balaban J connectivity index is 2.58. The third kappa shape index (κ3) is 2.09. The summed E-state index contributed by atoms with van der Waals surface area (Å²) in [7, 11) is -1.12. The molecule has 0 N–H and O–H groups in total. The van der Waals surface area contributed by atoms with Crippen LogP contribution in [0.3, 0.4) is 0 Å². The second kappa shape index (κ2) is 3.78. The monoisotopic (exact) mass is 242 g/mol. The summed E-state index contributed by atoms with van der Waals surface area (Å²) in [4.78, 5) is 3.66. The topological polar surface area (TPSA) is 31.4 Å². The van der Waals surface area contributed by atoms with Crippen LogP contribution in [-0.2, 0) is 9.31 Å². The number of aromatic nitrogens is 1. The molecular formula is C12H17BFNO2. The number of hydrogen-bond donors (Lipinski definition) is 0. The van der Waals surface area contributed by atoms with Gasteiger partial charge in [0.15, 0.2) is 0 Å². The highest BCUT2D eigenvalue weighted by Crippen LogP contribution is 2.36. The molecule has 0 atom stereocenters. The molecule has 1 saturated heterocycles. The first-order valence-corrected chi connectivity index (χ1v) is 5.30. The molecule has 0 spiro atoms. The average Bonchev–Trinajstić information content (AvgIpc) is 2.51. The SMILES string of the molecule is [2H]c1nc(B2OC(C)(C)C(C)(C)O2)c([2H])c(C([2H])([2H])[2H])c1F. The lowest BCUT2D eigenvalue weighted by atomic mass is 9.83. The Labute approximate surface area is 109 Å². The van der Waals surface area contributed by atoms with Gasteiger partial charge in [-0.05, 0) is 46.2 Å². The maximum atomic E-state index is 13.9. The highest BCUT2D eigenvalue weighted by atomic mass is 19.1. The van der Waals surface area contributed by atoms with Crippen molar-refractivity contribution in [2.24, 2.45) is 0 Å². The average molecular weight is 242 g/mol. The largest absolute Gasteiger partial charge is 0.514 e. The molecule has 1 aromatic rings. The lowest BCUT2D eigenvalue weighted by Gasteiger charge is -2.32. The van der Waals surface area contributed by atoms with Crippen LogP contribution in [0, 0.1) is 12.7 Å². The van der Waals surface area contributed by atoms with E-state index in [0.29, 0.717) is 0 Å². The Morgan fingerprint density at radius 3 is 2.47 bits per heavy atom. The van der Waals surface area contributed by atoms with Crippen LogP contribution in [0.2, 0.25) is 0 Å². The fourth-order valence-corrected chi connectivity index (χ4v) is 1.44. The number of rotatable bonds is 1. The smallest absolute Gasteiger partial charge is 0.398 e. The molecule has 0 amide bonds. The summed E-state index contributed by atoms with van der Waals surface area (Å²) in [6, 6.07) is -0.619. The predicted octanol–water partition coefficient (Wildman–Crippen LogP) is 1.83. The van der Waals surface area contributed by atoms with Gasteiger partial charge in [-0.3, -0.25) is 4.98 Å². The normalized spacial score (nSPS) is 26.9. The second-order valence-corrected chi connectivity index (χ2v) is 5.01. The maximum Gasteiger partial charge on any atom is 0.514 e. The predicted molar refractivity (Wildman–Crippen MR) is 64.6 cm³/mol. The van der Waals surface area contributed by atoms with Gasteiger partial charge in [-0.15, -0.1) is 0 Å². The molecule has 1 aliphatic heterocycles. The van der Waals surface area contributed by atoms with Gasteiger partial charge < -0.3 is 9.31 Å². The van der Waals surface area contributed by atoms with Gasteiger partial charge in [0.25, 0.3) is 0 Å². The summed E-state index contributed by atoms with van der Waals surface area (Å²) in [6.45, 7) is 4.27. The van der Waals surface area contributed by atoms with E-state index in [2.05, 4.69) is 4.98 Å². The van der Waals surface area contributed by atoms with E-state index in [4.69, 9.17) is 16.2 Å². The third-order valence-corrected chi connectivity index (χ3v) is 3.22. The molecule has 0 aromatic carbocycles. The molecule has 2 rings (SSSR count). The molecule has 0 saturated carbocycles. The van der Waals surface area contributed by atoms with Crippen molar-refractivity contribution in [3.05, 3.63) is 23.6 Å². The van der Waals surface area contributed by atoms with E-state index in [9.17, 15) is 4.39 Å². The summed E-state index contributed by atoms with van der Waals surface area (Å²) in [5, 5.41) is 0. The van der Waals surface area contributed by atoms with Crippen molar-refractivity contribution in [2.45, 2.75) is 45.7 Å². The molecule has 0 unspecified atom stereocenters. The van der Waals surface area contributed by atoms with E-state index in [-0.39, 0.29) is 5.59 Å². The third-order valence-electron chi connectivity index (χ3n) is 3.22. The zero-order chi connectivity index (χ0) is 17.1. The minimum Gasteiger partial charge on any atom is -0.398 e. The molecule has 92 valence electrons. The minimum absolute atomic E-state index is 0.198. The fourth-order valence-electron chi connectivity index (χ4n) is 1.44. The van der Waals surface area contributed by atoms with Crippen molar-refractivity contribution >= 4 is 12.7 Å². The van der Waals surface area contributed by atoms with Crippen LogP contribution in [0.5, 0.6) is 0 Å². The number of nitrogens with zero attached hydrogens (tertiary/aromatic N) is 1. The van der Waals surface area contributed by atoms with Gasteiger partial charge in [0.2, 0.25) is 0 Å². The molecule has 17 heavy (non-hydrogen) atoms. The van der Waals surface area contributed by atoms with Crippen LogP contribution in [0.25, 0.3) is 0 Å². The molecule has 0 aliphatic carbocycles. The van der Waals surface area contributed by atoms with Gasteiger partial charge in [0.05, 0.1) is 25.7 Å². The van der Waals surface area contributed by atoms with Crippen molar-refractivity contribution < 1.29 is 20.6 Å². The van der Waals surface area contributed by atoms with Crippen LogP contribution in [-0.4, -0.2) is 23.3 Å². The maximum absolute atomic E-state index is 13.9. The van der Waals surface area contributed by atoms with E-state index in [0.717, 1.165) is 0 Å². The number of pyridine rings is 1. The zero-order valence-corrected chi connectivity index (χ0v) is 10.2.